The highest BCUT2D eigenvalue weighted by molar-refractivity contribution is 7.07. The van der Waals surface area contributed by atoms with Crippen molar-refractivity contribution in [1.82, 2.24) is 19.4 Å². The molecule has 3 rings (SSSR count). The fourth-order valence-electron chi connectivity index (χ4n) is 2.88. The van der Waals surface area contributed by atoms with E-state index in [9.17, 15) is 9.59 Å². The summed E-state index contributed by atoms with van der Waals surface area (Å²) < 4.78 is 8.98. The molecule has 2 fully saturated rings. The highest BCUT2D eigenvalue weighted by atomic mass is 32.1. The Bertz CT molecular complexity index is 553. The minimum atomic E-state index is -0.227. The predicted octanol–water partition coefficient (Wildman–Crippen LogP) is 1.29. The molecule has 1 aromatic heterocycles. The first-order valence-corrected chi connectivity index (χ1v) is 7.89. The van der Waals surface area contributed by atoms with Crippen LogP contribution in [0.5, 0.6) is 0 Å². The van der Waals surface area contributed by atoms with Crippen LogP contribution in [0, 0.1) is 6.92 Å². The van der Waals surface area contributed by atoms with Crippen LogP contribution in [-0.4, -0.2) is 63.2 Å². The van der Waals surface area contributed by atoms with Gasteiger partial charge in [0.1, 0.15) is 11.0 Å². The fourth-order valence-corrected chi connectivity index (χ4v) is 3.50. The number of aryl methyl sites for hydroxylation is 1. The number of ether oxygens (including phenoxy) is 1. The van der Waals surface area contributed by atoms with E-state index in [4.69, 9.17) is 4.74 Å². The lowest BCUT2D eigenvalue weighted by Crippen LogP contribution is -2.47. The van der Waals surface area contributed by atoms with Crippen molar-refractivity contribution in [2.24, 2.45) is 0 Å². The summed E-state index contributed by atoms with van der Waals surface area (Å²) in [5.41, 5.74) is 0.684. The maximum absolute atomic E-state index is 12.4. The number of likely N-dealkylation sites (tertiary alicyclic amines) is 1. The highest BCUT2D eigenvalue weighted by Gasteiger charge is 2.36. The van der Waals surface area contributed by atoms with Crippen molar-refractivity contribution >= 4 is 23.5 Å². The Morgan fingerprint density at radius 2 is 2.10 bits per heavy atom. The Hall–Kier alpha value is -1.70. The molecule has 0 bridgehead atoms. The van der Waals surface area contributed by atoms with Crippen LogP contribution in [0.25, 0.3) is 0 Å². The van der Waals surface area contributed by atoms with Crippen LogP contribution < -0.4 is 0 Å². The van der Waals surface area contributed by atoms with Crippen LogP contribution >= 0.6 is 11.5 Å². The number of hydrogen-bond donors (Lipinski definition) is 0. The van der Waals surface area contributed by atoms with E-state index in [0.717, 1.165) is 24.4 Å². The van der Waals surface area contributed by atoms with Crippen molar-refractivity contribution in [3.05, 3.63) is 10.6 Å². The SMILES string of the molecule is Cc1nnsc1C(=O)N1CCC(N2CC(C)OC2=O)CC1. The van der Waals surface area contributed by atoms with Crippen molar-refractivity contribution in [2.45, 2.75) is 38.8 Å². The molecule has 1 atom stereocenters. The van der Waals surface area contributed by atoms with E-state index in [1.807, 2.05) is 11.8 Å². The molecule has 114 valence electrons. The number of nitrogens with zero attached hydrogens (tertiary/aromatic N) is 4. The molecule has 21 heavy (non-hydrogen) atoms. The zero-order valence-corrected chi connectivity index (χ0v) is 12.9. The van der Waals surface area contributed by atoms with Gasteiger partial charge in [-0.3, -0.25) is 4.79 Å². The van der Waals surface area contributed by atoms with Gasteiger partial charge in [-0.15, -0.1) is 5.10 Å². The third-order valence-corrected chi connectivity index (χ3v) is 4.84. The second kappa shape index (κ2) is 5.59. The topological polar surface area (TPSA) is 75.6 Å². The van der Waals surface area contributed by atoms with E-state index in [0.29, 0.717) is 30.2 Å². The molecule has 3 heterocycles. The van der Waals surface area contributed by atoms with Gasteiger partial charge < -0.3 is 14.5 Å². The van der Waals surface area contributed by atoms with Crippen LogP contribution in [0.2, 0.25) is 0 Å². The molecule has 0 saturated carbocycles. The summed E-state index contributed by atoms with van der Waals surface area (Å²) in [6.45, 7) is 5.65. The van der Waals surface area contributed by atoms with Gasteiger partial charge >= 0.3 is 6.09 Å². The van der Waals surface area contributed by atoms with Gasteiger partial charge in [0.25, 0.3) is 5.91 Å². The van der Waals surface area contributed by atoms with Gasteiger partial charge in [-0.2, -0.15) is 0 Å². The molecule has 0 aromatic carbocycles. The lowest BCUT2D eigenvalue weighted by atomic mass is 10.0. The van der Waals surface area contributed by atoms with E-state index < -0.39 is 0 Å². The van der Waals surface area contributed by atoms with Gasteiger partial charge in [0.05, 0.1) is 12.2 Å². The Morgan fingerprint density at radius 1 is 1.38 bits per heavy atom. The van der Waals surface area contributed by atoms with Gasteiger partial charge in [-0.25, -0.2) is 4.79 Å². The molecule has 7 nitrogen and oxygen atoms in total. The normalized spacial score (nSPS) is 23.5. The Labute approximate surface area is 127 Å². The molecule has 0 radical (unpaired) electrons. The second-order valence-electron chi connectivity index (χ2n) is 5.56. The van der Waals surface area contributed by atoms with E-state index >= 15 is 0 Å². The van der Waals surface area contributed by atoms with Crippen LogP contribution in [0.3, 0.4) is 0 Å². The van der Waals surface area contributed by atoms with E-state index in [1.165, 1.54) is 0 Å². The lowest BCUT2D eigenvalue weighted by molar-refractivity contribution is 0.0662. The number of carbonyl (C=O) groups excluding carboxylic acids is 2. The number of carbonyl (C=O) groups is 2. The van der Waals surface area contributed by atoms with E-state index in [-0.39, 0.29) is 24.1 Å². The minimum Gasteiger partial charge on any atom is -0.444 e. The summed E-state index contributed by atoms with van der Waals surface area (Å²) in [6, 6.07) is 0.173. The van der Waals surface area contributed by atoms with Crippen molar-refractivity contribution < 1.29 is 14.3 Å². The number of aromatic nitrogens is 2. The van der Waals surface area contributed by atoms with E-state index in [1.54, 1.807) is 11.8 Å². The first-order valence-electron chi connectivity index (χ1n) is 7.11. The monoisotopic (exact) mass is 310 g/mol. The molecule has 1 aromatic rings. The van der Waals surface area contributed by atoms with Crippen LogP contribution in [0.4, 0.5) is 4.79 Å². The van der Waals surface area contributed by atoms with Crippen molar-refractivity contribution in [1.29, 1.82) is 0 Å². The molecule has 2 amide bonds. The van der Waals surface area contributed by atoms with Crippen molar-refractivity contribution in [3.8, 4) is 0 Å². The second-order valence-corrected chi connectivity index (χ2v) is 6.31. The minimum absolute atomic E-state index is 0.00156. The third-order valence-electron chi connectivity index (χ3n) is 4.03. The number of piperidine rings is 1. The molecule has 0 aliphatic carbocycles. The lowest BCUT2D eigenvalue weighted by Gasteiger charge is -2.35. The number of cyclic esters (lactones) is 1. The zero-order valence-electron chi connectivity index (χ0n) is 12.1. The predicted molar refractivity (Wildman–Crippen MR) is 76.2 cm³/mol. The van der Waals surface area contributed by atoms with Gasteiger partial charge in [-0.05, 0) is 38.2 Å². The molecule has 0 spiro atoms. The smallest absolute Gasteiger partial charge is 0.410 e. The zero-order chi connectivity index (χ0) is 15.0. The van der Waals surface area contributed by atoms with Gasteiger partial charge in [0.2, 0.25) is 0 Å². The molecule has 8 heteroatoms. The molecule has 2 aliphatic rings. The number of amides is 2. The largest absolute Gasteiger partial charge is 0.444 e. The van der Waals surface area contributed by atoms with Crippen LogP contribution in [0.15, 0.2) is 0 Å². The van der Waals surface area contributed by atoms with Crippen molar-refractivity contribution in [3.63, 3.8) is 0 Å². The molecule has 2 saturated heterocycles. The third kappa shape index (κ3) is 2.72. The number of hydrogen-bond acceptors (Lipinski definition) is 6. The Kier molecular flexibility index (Phi) is 3.79. The summed E-state index contributed by atoms with van der Waals surface area (Å²) in [7, 11) is 0. The van der Waals surface area contributed by atoms with Gasteiger partial charge in [0, 0.05) is 19.1 Å². The Morgan fingerprint density at radius 3 is 2.62 bits per heavy atom. The quantitative estimate of drug-likeness (QED) is 0.823. The summed E-state index contributed by atoms with van der Waals surface area (Å²) >= 11 is 1.14. The highest BCUT2D eigenvalue weighted by Crippen LogP contribution is 2.24. The number of rotatable bonds is 2. The molecular weight excluding hydrogens is 292 g/mol. The first kappa shape index (κ1) is 14.2. The first-order chi connectivity index (χ1) is 10.1. The Balaban J connectivity index is 1.59. The van der Waals surface area contributed by atoms with Crippen LogP contribution in [-0.2, 0) is 4.74 Å². The molecular formula is C13H18N4O3S. The van der Waals surface area contributed by atoms with Gasteiger partial charge in [0.15, 0.2) is 0 Å². The summed E-state index contributed by atoms with van der Waals surface area (Å²) in [6.07, 6.45) is 1.32. The molecule has 0 N–H and O–H groups in total. The maximum atomic E-state index is 12.4. The van der Waals surface area contributed by atoms with Gasteiger partial charge in [-0.1, -0.05) is 4.49 Å². The summed E-state index contributed by atoms with van der Waals surface area (Å²) in [5, 5.41) is 3.88. The fraction of sp³-hybridized carbons (Fsp3) is 0.692. The molecule has 1 unspecified atom stereocenters. The average Bonchev–Trinajstić information content (AvgIpc) is 3.04. The van der Waals surface area contributed by atoms with E-state index in [2.05, 4.69) is 9.59 Å². The standard InChI is InChI=1S/C13H18N4O3S/c1-8-7-17(13(19)20-8)10-3-5-16(6-4-10)12(18)11-9(2)14-15-21-11/h8,10H,3-7H2,1-2H3. The van der Waals surface area contributed by atoms with Crippen LogP contribution in [0.1, 0.15) is 35.1 Å². The maximum Gasteiger partial charge on any atom is 0.410 e. The summed E-state index contributed by atoms with van der Waals surface area (Å²) in [5.74, 6) is -0.00156. The summed E-state index contributed by atoms with van der Waals surface area (Å²) in [4.78, 5) is 28.4. The van der Waals surface area contributed by atoms with Crippen molar-refractivity contribution in [2.75, 3.05) is 19.6 Å². The average molecular weight is 310 g/mol. The molecule has 2 aliphatic heterocycles.